The van der Waals surface area contributed by atoms with Crippen LogP contribution in [0.5, 0.6) is 0 Å². The van der Waals surface area contributed by atoms with Crippen LogP contribution < -0.4 is 0 Å². The van der Waals surface area contributed by atoms with Crippen molar-refractivity contribution in [1.29, 1.82) is 0 Å². The fourth-order valence-corrected chi connectivity index (χ4v) is 1.07. The molecule has 1 N–H and O–H groups in total. The molecule has 72 valence electrons. The molecule has 0 fully saturated rings. The van der Waals surface area contributed by atoms with Crippen molar-refractivity contribution in [3.05, 3.63) is 29.6 Å². The van der Waals surface area contributed by atoms with Gasteiger partial charge in [0.05, 0.1) is 6.10 Å². The van der Waals surface area contributed by atoms with Gasteiger partial charge in [-0.05, 0) is 24.5 Å². The molecule has 1 aromatic rings. The summed E-state index contributed by atoms with van der Waals surface area (Å²) in [6, 6.07) is 4.00. The molecular weight excluding hydrogens is 162 g/mol. The highest BCUT2D eigenvalue weighted by molar-refractivity contribution is 5.12. The third kappa shape index (κ3) is 3.15. The number of aryl methyl sites for hydroxylation is 1. The molecule has 0 aliphatic heterocycles. The van der Waals surface area contributed by atoms with E-state index in [1.165, 1.54) is 0 Å². The number of nitrogens with zero attached hydrogens (tertiary/aromatic N) is 1. The fraction of sp³-hybridized carbons (Fsp3) is 0.545. The van der Waals surface area contributed by atoms with Crippen LogP contribution in [-0.2, 0) is 6.42 Å². The largest absolute Gasteiger partial charge is 0.392 e. The monoisotopic (exact) mass is 179 g/mol. The summed E-state index contributed by atoms with van der Waals surface area (Å²) in [6.07, 6.45) is 2.20. The molecule has 0 amide bonds. The molecule has 2 nitrogen and oxygen atoms in total. The van der Waals surface area contributed by atoms with Gasteiger partial charge in [0.15, 0.2) is 0 Å². The Morgan fingerprint density at radius 1 is 1.38 bits per heavy atom. The zero-order valence-electron chi connectivity index (χ0n) is 8.49. The van der Waals surface area contributed by atoms with Crippen molar-refractivity contribution in [3.63, 3.8) is 0 Å². The summed E-state index contributed by atoms with van der Waals surface area (Å²) < 4.78 is 0. The highest BCUT2D eigenvalue weighted by Gasteiger charge is 2.10. The van der Waals surface area contributed by atoms with E-state index in [1.807, 2.05) is 39.1 Å². The van der Waals surface area contributed by atoms with E-state index in [0.717, 1.165) is 11.3 Å². The molecule has 13 heavy (non-hydrogen) atoms. The van der Waals surface area contributed by atoms with Gasteiger partial charge in [-0.25, -0.2) is 0 Å². The highest BCUT2D eigenvalue weighted by Crippen LogP contribution is 2.08. The molecule has 2 heteroatoms. The second-order valence-electron chi connectivity index (χ2n) is 3.84. The van der Waals surface area contributed by atoms with Crippen molar-refractivity contribution in [2.24, 2.45) is 5.92 Å². The van der Waals surface area contributed by atoms with Gasteiger partial charge in [-0.1, -0.05) is 19.9 Å². The Kier molecular flexibility index (Phi) is 3.43. The van der Waals surface area contributed by atoms with E-state index in [2.05, 4.69) is 4.98 Å². The first kappa shape index (κ1) is 10.2. The molecule has 1 unspecified atom stereocenters. The lowest BCUT2D eigenvalue weighted by Crippen LogP contribution is -2.18. The van der Waals surface area contributed by atoms with Gasteiger partial charge in [0.1, 0.15) is 0 Å². The molecular formula is C11H17NO. The molecule has 0 saturated heterocycles. The lowest BCUT2D eigenvalue weighted by atomic mass is 10.0. The summed E-state index contributed by atoms with van der Waals surface area (Å²) in [7, 11) is 0. The third-order valence-electron chi connectivity index (χ3n) is 2.16. The van der Waals surface area contributed by atoms with Crippen LogP contribution in [0, 0.1) is 12.8 Å². The highest BCUT2D eigenvalue weighted by atomic mass is 16.3. The maximum atomic E-state index is 9.61. The molecule has 0 bridgehead atoms. The fourth-order valence-electron chi connectivity index (χ4n) is 1.07. The van der Waals surface area contributed by atoms with E-state index in [0.29, 0.717) is 12.3 Å². The smallest absolute Gasteiger partial charge is 0.0618 e. The minimum absolute atomic E-state index is 0.282. The van der Waals surface area contributed by atoms with Crippen molar-refractivity contribution in [1.82, 2.24) is 4.98 Å². The molecule has 0 aliphatic carbocycles. The zero-order valence-corrected chi connectivity index (χ0v) is 8.49. The number of hydrogen-bond acceptors (Lipinski definition) is 2. The lowest BCUT2D eigenvalue weighted by molar-refractivity contribution is 0.124. The number of rotatable bonds is 3. The molecule has 0 spiro atoms. The van der Waals surface area contributed by atoms with E-state index in [9.17, 15) is 5.11 Å². The quantitative estimate of drug-likeness (QED) is 0.769. The van der Waals surface area contributed by atoms with Gasteiger partial charge < -0.3 is 5.11 Å². The van der Waals surface area contributed by atoms with Crippen molar-refractivity contribution in [2.45, 2.75) is 33.3 Å². The first-order valence-electron chi connectivity index (χ1n) is 4.69. The van der Waals surface area contributed by atoms with Crippen molar-refractivity contribution >= 4 is 0 Å². The Labute approximate surface area is 79.6 Å². The summed E-state index contributed by atoms with van der Waals surface area (Å²) in [4.78, 5) is 4.24. The number of aliphatic hydroxyl groups is 1. The predicted molar refractivity (Wildman–Crippen MR) is 53.5 cm³/mol. The van der Waals surface area contributed by atoms with Gasteiger partial charge in [0.2, 0.25) is 0 Å². The molecule has 1 atom stereocenters. The van der Waals surface area contributed by atoms with Crippen LogP contribution in [-0.4, -0.2) is 16.2 Å². The Hall–Kier alpha value is -0.890. The first-order chi connectivity index (χ1) is 6.09. The Bertz CT molecular complexity index is 253. The van der Waals surface area contributed by atoms with Gasteiger partial charge in [-0.3, -0.25) is 4.98 Å². The summed E-state index contributed by atoms with van der Waals surface area (Å²) in [5.74, 6) is 0.295. The van der Waals surface area contributed by atoms with Crippen molar-refractivity contribution < 1.29 is 5.11 Å². The number of pyridine rings is 1. The molecule has 1 heterocycles. The van der Waals surface area contributed by atoms with E-state index >= 15 is 0 Å². The average Bonchev–Trinajstić information content (AvgIpc) is 2.08. The van der Waals surface area contributed by atoms with Crippen LogP contribution in [0.1, 0.15) is 25.1 Å². The number of aliphatic hydroxyl groups excluding tert-OH is 1. The van der Waals surface area contributed by atoms with Gasteiger partial charge in [0, 0.05) is 18.3 Å². The average molecular weight is 179 g/mol. The Morgan fingerprint density at radius 2 is 2.08 bits per heavy atom. The van der Waals surface area contributed by atoms with Crippen LogP contribution in [0.2, 0.25) is 0 Å². The summed E-state index contributed by atoms with van der Waals surface area (Å²) in [5.41, 5.74) is 2.12. The second-order valence-corrected chi connectivity index (χ2v) is 3.84. The van der Waals surface area contributed by atoms with E-state index in [-0.39, 0.29) is 6.10 Å². The van der Waals surface area contributed by atoms with E-state index < -0.39 is 0 Å². The van der Waals surface area contributed by atoms with Crippen LogP contribution in [0.4, 0.5) is 0 Å². The Balaban J connectivity index is 2.59. The predicted octanol–water partition coefficient (Wildman–Crippen LogP) is 1.95. The topological polar surface area (TPSA) is 33.1 Å². The standard InChI is InChI=1S/C11H17NO/c1-8(2)11(13)6-10-5-4-9(3)7-12-10/h4-5,7-8,11,13H,6H2,1-3H3. The lowest BCUT2D eigenvalue weighted by Gasteiger charge is -2.13. The van der Waals surface area contributed by atoms with Gasteiger partial charge in [0.25, 0.3) is 0 Å². The second kappa shape index (κ2) is 4.38. The normalized spacial score (nSPS) is 13.3. The third-order valence-corrected chi connectivity index (χ3v) is 2.16. The van der Waals surface area contributed by atoms with Crippen LogP contribution in [0.25, 0.3) is 0 Å². The SMILES string of the molecule is Cc1ccc(CC(O)C(C)C)nc1. The summed E-state index contributed by atoms with van der Waals surface area (Å²) >= 11 is 0. The summed E-state index contributed by atoms with van der Waals surface area (Å²) in [6.45, 7) is 6.04. The number of aromatic nitrogens is 1. The molecule has 0 aliphatic rings. The van der Waals surface area contributed by atoms with Crippen LogP contribution in [0.3, 0.4) is 0 Å². The Morgan fingerprint density at radius 3 is 2.54 bits per heavy atom. The minimum Gasteiger partial charge on any atom is -0.392 e. The summed E-state index contributed by atoms with van der Waals surface area (Å²) in [5, 5.41) is 9.61. The van der Waals surface area contributed by atoms with E-state index in [4.69, 9.17) is 0 Å². The van der Waals surface area contributed by atoms with Gasteiger partial charge >= 0.3 is 0 Å². The van der Waals surface area contributed by atoms with Crippen LogP contribution in [0.15, 0.2) is 18.3 Å². The van der Waals surface area contributed by atoms with Gasteiger partial charge in [-0.2, -0.15) is 0 Å². The first-order valence-corrected chi connectivity index (χ1v) is 4.69. The molecule has 0 saturated carbocycles. The molecule has 1 aromatic heterocycles. The molecule has 1 rings (SSSR count). The van der Waals surface area contributed by atoms with Crippen LogP contribution >= 0.6 is 0 Å². The molecule has 0 radical (unpaired) electrons. The number of hydrogen-bond donors (Lipinski definition) is 1. The minimum atomic E-state index is -0.282. The van der Waals surface area contributed by atoms with E-state index in [1.54, 1.807) is 0 Å². The van der Waals surface area contributed by atoms with Crippen molar-refractivity contribution in [3.8, 4) is 0 Å². The molecule has 0 aromatic carbocycles. The zero-order chi connectivity index (χ0) is 9.84. The maximum absolute atomic E-state index is 9.61. The van der Waals surface area contributed by atoms with Crippen molar-refractivity contribution in [2.75, 3.05) is 0 Å². The van der Waals surface area contributed by atoms with Gasteiger partial charge in [-0.15, -0.1) is 0 Å². The maximum Gasteiger partial charge on any atom is 0.0618 e.